The molecule has 1 saturated heterocycles. The molecule has 156 valence electrons. The van der Waals surface area contributed by atoms with Gasteiger partial charge in [0.1, 0.15) is 5.82 Å². The molecule has 29 heavy (non-hydrogen) atoms. The molecule has 4 rings (SSSR count). The third kappa shape index (κ3) is 4.21. The molecule has 2 aromatic heterocycles. The van der Waals surface area contributed by atoms with Crippen LogP contribution in [0.1, 0.15) is 86.6 Å². The highest BCUT2D eigenvalue weighted by Gasteiger charge is 2.33. The summed E-state index contributed by atoms with van der Waals surface area (Å²) in [6.45, 7) is 6.67. The number of rotatable bonds is 4. The average Bonchev–Trinajstić information content (AvgIpc) is 3.07. The van der Waals surface area contributed by atoms with Crippen molar-refractivity contribution >= 4 is 5.91 Å². The summed E-state index contributed by atoms with van der Waals surface area (Å²) in [5.41, 5.74) is 3.67. The van der Waals surface area contributed by atoms with E-state index in [2.05, 4.69) is 15.0 Å². The van der Waals surface area contributed by atoms with Crippen LogP contribution in [0.15, 0.2) is 10.7 Å². The summed E-state index contributed by atoms with van der Waals surface area (Å²) in [7, 11) is 0. The number of carbonyl (C=O) groups excluding carboxylic acids is 1. The SMILES string of the molecule is Cc1ncc(-c2onc(C)c2C)c(C2CCCCN2C(=O)CC2CCCCC2)n1. The van der Waals surface area contributed by atoms with Gasteiger partial charge >= 0.3 is 0 Å². The lowest BCUT2D eigenvalue weighted by Gasteiger charge is -2.37. The van der Waals surface area contributed by atoms with Crippen LogP contribution in [-0.4, -0.2) is 32.5 Å². The molecular formula is C23H32N4O2. The number of hydrogen-bond donors (Lipinski definition) is 0. The minimum absolute atomic E-state index is 0.0126. The highest BCUT2D eigenvalue weighted by atomic mass is 16.5. The topological polar surface area (TPSA) is 72.1 Å². The molecule has 0 radical (unpaired) electrons. The Morgan fingerprint density at radius 3 is 2.59 bits per heavy atom. The number of carbonyl (C=O) groups is 1. The van der Waals surface area contributed by atoms with Crippen molar-refractivity contribution in [2.75, 3.05) is 6.54 Å². The van der Waals surface area contributed by atoms with E-state index in [0.717, 1.165) is 59.9 Å². The van der Waals surface area contributed by atoms with Gasteiger partial charge in [0.05, 0.1) is 23.0 Å². The summed E-state index contributed by atoms with van der Waals surface area (Å²) in [6.07, 6.45) is 11.8. The zero-order valence-electron chi connectivity index (χ0n) is 17.9. The van der Waals surface area contributed by atoms with E-state index in [9.17, 15) is 4.79 Å². The molecule has 1 unspecified atom stereocenters. The van der Waals surface area contributed by atoms with Gasteiger partial charge in [-0.25, -0.2) is 9.97 Å². The van der Waals surface area contributed by atoms with Crippen molar-refractivity contribution in [3.63, 3.8) is 0 Å². The Morgan fingerprint density at radius 2 is 1.86 bits per heavy atom. The molecule has 0 aromatic carbocycles. The normalized spacial score (nSPS) is 20.8. The van der Waals surface area contributed by atoms with E-state index in [0.29, 0.717) is 12.3 Å². The number of likely N-dealkylation sites (tertiary alicyclic amines) is 1. The number of piperidine rings is 1. The Bertz CT molecular complexity index is 870. The predicted molar refractivity (Wildman–Crippen MR) is 111 cm³/mol. The second-order valence-corrected chi connectivity index (χ2v) is 8.75. The minimum Gasteiger partial charge on any atom is -0.356 e. The maximum atomic E-state index is 13.3. The Balaban J connectivity index is 1.65. The Hall–Kier alpha value is -2.24. The monoisotopic (exact) mass is 396 g/mol. The van der Waals surface area contributed by atoms with Gasteiger partial charge in [0, 0.05) is 24.7 Å². The summed E-state index contributed by atoms with van der Waals surface area (Å²) in [4.78, 5) is 24.6. The van der Waals surface area contributed by atoms with E-state index >= 15 is 0 Å². The molecule has 0 bridgehead atoms. The Kier molecular flexibility index (Phi) is 5.97. The molecule has 6 heteroatoms. The molecule has 1 aliphatic carbocycles. The number of aryl methyl sites for hydroxylation is 2. The summed E-state index contributed by atoms with van der Waals surface area (Å²) in [5.74, 6) is 2.28. The summed E-state index contributed by atoms with van der Waals surface area (Å²) in [5, 5.41) is 4.12. The van der Waals surface area contributed by atoms with Crippen molar-refractivity contribution < 1.29 is 9.32 Å². The number of amides is 1. The molecule has 6 nitrogen and oxygen atoms in total. The summed E-state index contributed by atoms with van der Waals surface area (Å²) < 4.78 is 5.64. The third-order valence-electron chi connectivity index (χ3n) is 6.67. The summed E-state index contributed by atoms with van der Waals surface area (Å²) >= 11 is 0. The fraction of sp³-hybridized carbons (Fsp3) is 0.652. The van der Waals surface area contributed by atoms with Crippen LogP contribution < -0.4 is 0 Å². The molecule has 1 atom stereocenters. The van der Waals surface area contributed by atoms with Gasteiger partial charge in [0.25, 0.3) is 0 Å². The van der Waals surface area contributed by atoms with Crippen LogP contribution >= 0.6 is 0 Å². The van der Waals surface area contributed by atoms with Crippen molar-refractivity contribution in [2.45, 2.75) is 84.6 Å². The molecule has 1 saturated carbocycles. The smallest absolute Gasteiger partial charge is 0.223 e. The van der Waals surface area contributed by atoms with Crippen molar-refractivity contribution in [3.05, 3.63) is 29.0 Å². The lowest BCUT2D eigenvalue weighted by Crippen LogP contribution is -2.40. The van der Waals surface area contributed by atoms with E-state index in [4.69, 9.17) is 9.51 Å². The van der Waals surface area contributed by atoms with Gasteiger partial charge in [-0.2, -0.15) is 0 Å². The van der Waals surface area contributed by atoms with Crippen molar-refractivity contribution in [1.82, 2.24) is 20.0 Å². The fourth-order valence-corrected chi connectivity index (χ4v) is 4.85. The zero-order chi connectivity index (χ0) is 20.4. The van der Waals surface area contributed by atoms with Gasteiger partial charge in [0.15, 0.2) is 5.76 Å². The maximum Gasteiger partial charge on any atom is 0.223 e. The van der Waals surface area contributed by atoms with Crippen molar-refractivity contribution in [3.8, 4) is 11.3 Å². The van der Waals surface area contributed by atoms with Crippen molar-refractivity contribution in [2.24, 2.45) is 5.92 Å². The van der Waals surface area contributed by atoms with Gasteiger partial charge in [-0.05, 0) is 58.8 Å². The molecule has 1 amide bonds. The highest BCUT2D eigenvalue weighted by molar-refractivity contribution is 5.77. The number of nitrogens with zero attached hydrogens (tertiary/aromatic N) is 4. The highest BCUT2D eigenvalue weighted by Crippen LogP contribution is 2.38. The first-order chi connectivity index (χ1) is 14.0. The minimum atomic E-state index is -0.0126. The second-order valence-electron chi connectivity index (χ2n) is 8.75. The maximum absolute atomic E-state index is 13.3. The van der Waals surface area contributed by atoms with Crippen LogP contribution in [0.25, 0.3) is 11.3 Å². The van der Waals surface area contributed by atoms with Gasteiger partial charge in [-0.3, -0.25) is 4.79 Å². The standard InChI is InChI=1S/C23H32N4O2/c1-15-16(2)26-29-23(15)19-14-24-17(3)25-22(19)20-11-7-8-12-27(20)21(28)13-18-9-5-4-6-10-18/h14,18,20H,4-13H2,1-3H3. The van der Waals surface area contributed by atoms with Crippen LogP contribution in [0, 0.1) is 26.7 Å². The van der Waals surface area contributed by atoms with E-state index < -0.39 is 0 Å². The quantitative estimate of drug-likeness (QED) is 0.720. The molecule has 3 heterocycles. The molecule has 0 spiro atoms. The number of hydrogen-bond acceptors (Lipinski definition) is 5. The largest absolute Gasteiger partial charge is 0.356 e. The van der Waals surface area contributed by atoms with Gasteiger partial charge < -0.3 is 9.42 Å². The van der Waals surface area contributed by atoms with E-state index in [-0.39, 0.29) is 11.9 Å². The first-order valence-corrected chi connectivity index (χ1v) is 11.1. The molecule has 2 fully saturated rings. The Labute approximate surface area is 173 Å². The lowest BCUT2D eigenvalue weighted by molar-refractivity contribution is -0.136. The number of aromatic nitrogens is 3. The van der Waals surface area contributed by atoms with Gasteiger partial charge in [0.2, 0.25) is 5.91 Å². The lowest BCUT2D eigenvalue weighted by atomic mass is 9.86. The Morgan fingerprint density at radius 1 is 1.10 bits per heavy atom. The molecule has 0 N–H and O–H groups in total. The third-order valence-corrected chi connectivity index (χ3v) is 6.67. The van der Waals surface area contributed by atoms with Gasteiger partial charge in [-0.15, -0.1) is 0 Å². The molecule has 1 aliphatic heterocycles. The van der Waals surface area contributed by atoms with Crippen LogP contribution in [0.4, 0.5) is 0 Å². The summed E-state index contributed by atoms with van der Waals surface area (Å²) in [6, 6.07) is -0.0126. The van der Waals surface area contributed by atoms with Crippen LogP contribution in [0.2, 0.25) is 0 Å². The van der Waals surface area contributed by atoms with E-state index in [1.165, 1.54) is 32.1 Å². The van der Waals surface area contributed by atoms with Gasteiger partial charge in [-0.1, -0.05) is 24.4 Å². The zero-order valence-corrected chi connectivity index (χ0v) is 17.9. The van der Waals surface area contributed by atoms with E-state index in [1.807, 2.05) is 27.0 Å². The molecule has 2 aliphatic rings. The van der Waals surface area contributed by atoms with Crippen LogP contribution in [-0.2, 0) is 4.79 Å². The first-order valence-electron chi connectivity index (χ1n) is 11.1. The second kappa shape index (κ2) is 8.64. The van der Waals surface area contributed by atoms with Crippen LogP contribution in [0.3, 0.4) is 0 Å². The molecule has 2 aromatic rings. The van der Waals surface area contributed by atoms with Crippen LogP contribution in [0.5, 0.6) is 0 Å². The van der Waals surface area contributed by atoms with E-state index in [1.54, 1.807) is 0 Å². The van der Waals surface area contributed by atoms with Crippen molar-refractivity contribution in [1.29, 1.82) is 0 Å². The first kappa shape index (κ1) is 20.0. The average molecular weight is 397 g/mol. The predicted octanol–water partition coefficient (Wildman–Crippen LogP) is 5.08. The molecular weight excluding hydrogens is 364 g/mol. The fourth-order valence-electron chi connectivity index (χ4n) is 4.85.